The Kier molecular flexibility index (Phi) is 7.13. The van der Waals surface area contributed by atoms with E-state index in [1.165, 1.54) is 0 Å². The molecular formula is C23H25N5O2. The summed E-state index contributed by atoms with van der Waals surface area (Å²) in [4.78, 5) is 4.49. The summed E-state index contributed by atoms with van der Waals surface area (Å²) in [7, 11) is 0. The summed E-state index contributed by atoms with van der Waals surface area (Å²) in [6.45, 7) is 2.62. The normalized spacial score (nSPS) is 19.9. The van der Waals surface area contributed by atoms with Gasteiger partial charge in [0.1, 0.15) is 0 Å². The number of fused-ring (bicyclic) bond motifs is 1. The molecule has 0 bridgehead atoms. The van der Waals surface area contributed by atoms with E-state index in [1.807, 2.05) is 55.5 Å². The molecule has 7 heteroatoms. The van der Waals surface area contributed by atoms with E-state index >= 15 is 0 Å². The van der Waals surface area contributed by atoms with Gasteiger partial charge in [0.05, 0.1) is 0 Å². The Morgan fingerprint density at radius 2 is 2.20 bits per heavy atom. The van der Waals surface area contributed by atoms with E-state index in [0.717, 1.165) is 35.0 Å². The molecule has 30 heavy (non-hydrogen) atoms. The van der Waals surface area contributed by atoms with Gasteiger partial charge in [-0.05, 0) is 67.8 Å². The van der Waals surface area contributed by atoms with E-state index in [-0.39, 0.29) is 5.84 Å². The van der Waals surface area contributed by atoms with E-state index in [0.29, 0.717) is 17.9 Å². The smallest absolute Gasteiger partial charge is 0.165 e. The van der Waals surface area contributed by atoms with Crippen LogP contribution in [0.5, 0.6) is 0 Å². The summed E-state index contributed by atoms with van der Waals surface area (Å²) in [5.41, 5.74) is 16.7. The number of hydrogen-bond donors (Lipinski definition) is 3. The van der Waals surface area contributed by atoms with Crippen molar-refractivity contribution < 1.29 is 10.1 Å². The van der Waals surface area contributed by atoms with Crippen molar-refractivity contribution in [2.24, 2.45) is 16.1 Å². The predicted octanol–water partition coefficient (Wildman–Crippen LogP) is 5.53. The number of nitrogens with one attached hydrogen (secondary N) is 1. The third-order valence-corrected chi connectivity index (χ3v) is 4.80. The van der Waals surface area contributed by atoms with Gasteiger partial charge in [0, 0.05) is 28.7 Å². The quantitative estimate of drug-likeness (QED) is 0.141. The van der Waals surface area contributed by atoms with Crippen LogP contribution in [0.4, 0.5) is 0 Å². The predicted molar refractivity (Wildman–Crippen MR) is 120 cm³/mol. The molecule has 0 fully saturated rings. The summed E-state index contributed by atoms with van der Waals surface area (Å²) in [6, 6.07) is 7.90. The molecule has 0 spiro atoms. The van der Waals surface area contributed by atoms with Crippen molar-refractivity contribution in [1.82, 2.24) is 4.57 Å². The highest BCUT2D eigenvalue weighted by atomic mass is 17.1. The molecule has 1 heterocycles. The first-order chi connectivity index (χ1) is 14.7. The second-order valence-corrected chi connectivity index (χ2v) is 6.83. The van der Waals surface area contributed by atoms with Gasteiger partial charge in [-0.1, -0.05) is 35.6 Å². The van der Waals surface area contributed by atoms with Gasteiger partial charge in [0.15, 0.2) is 11.6 Å². The van der Waals surface area contributed by atoms with Crippen LogP contribution in [0.1, 0.15) is 31.0 Å². The van der Waals surface area contributed by atoms with Gasteiger partial charge >= 0.3 is 0 Å². The molecule has 2 aromatic rings. The third kappa shape index (κ3) is 5.01. The van der Waals surface area contributed by atoms with Crippen LogP contribution in [-0.4, -0.2) is 15.7 Å². The molecule has 0 saturated carbocycles. The van der Waals surface area contributed by atoms with Crippen LogP contribution in [0.15, 0.2) is 88.5 Å². The Labute approximate surface area is 175 Å². The van der Waals surface area contributed by atoms with Gasteiger partial charge in [-0.15, -0.1) is 5.10 Å². The second kappa shape index (κ2) is 10.2. The zero-order valence-corrected chi connectivity index (χ0v) is 16.8. The molecule has 4 N–H and O–H groups in total. The molecular weight excluding hydrogens is 378 g/mol. The Morgan fingerprint density at radius 3 is 2.97 bits per heavy atom. The number of nitrogens with zero attached hydrogens (tertiary/aromatic N) is 3. The van der Waals surface area contributed by atoms with Gasteiger partial charge in [-0.2, -0.15) is 5.53 Å². The maximum Gasteiger partial charge on any atom is 0.165 e. The molecule has 1 aromatic heterocycles. The first-order valence-electron chi connectivity index (χ1n) is 9.67. The fourth-order valence-corrected chi connectivity index (χ4v) is 3.38. The van der Waals surface area contributed by atoms with E-state index in [9.17, 15) is 0 Å². The van der Waals surface area contributed by atoms with E-state index in [4.69, 9.17) is 16.5 Å². The van der Waals surface area contributed by atoms with Crippen LogP contribution in [0.2, 0.25) is 0 Å². The van der Waals surface area contributed by atoms with Crippen LogP contribution in [0.3, 0.4) is 0 Å². The van der Waals surface area contributed by atoms with Gasteiger partial charge in [0.2, 0.25) is 0 Å². The van der Waals surface area contributed by atoms with Crippen molar-refractivity contribution in [2.75, 3.05) is 0 Å². The Bertz CT molecular complexity index is 1100. The van der Waals surface area contributed by atoms with Gasteiger partial charge in [-0.3, -0.25) is 0 Å². The summed E-state index contributed by atoms with van der Waals surface area (Å²) in [6.07, 6.45) is 17.3. The minimum absolute atomic E-state index is 0.204. The average Bonchev–Trinajstić information content (AvgIpc) is 3.06. The van der Waals surface area contributed by atoms with Crippen LogP contribution in [0, 0.1) is 5.53 Å². The summed E-state index contributed by atoms with van der Waals surface area (Å²) >= 11 is 0. The lowest BCUT2D eigenvalue weighted by Gasteiger charge is -2.14. The van der Waals surface area contributed by atoms with Crippen molar-refractivity contribution in [2.45, 2.75) is 26.3 Å². The van der Waals surface area contributed by atoms with E-state index < -0.39 is 0 Å². The first-order valence-corrected chi connectivity index (χ1v) is 9.67. The number of amidine groups is 1. The minimum atomic E-state index is 0.204. The van der Waals surface area contributed by atoms with E-state index in [1.54, 1.807) is 6.08 Å². The Hall–Kier alpha value is -3.71. The molecule has 7 nitrogen and oxygen atoms in total. The molecule has 0 aliphatic heterocycles. The molecule has 0 amide bonds. The van der Waals surface area contributed by atoms with Gasteiger partial charge < -0.3 is 15.2 Å². The van der Waals surface area contributed by atoms with Gasteiger partial charge in [-0.25, -0.2) is 5.26 Å². The highest BCUT2D eigenvalue weighted by Crippen LogP contribution is 2.26. The zero-order chi connectivity index (χ0) is 21.3. The molecule has 0 atom stereocenters. The van der Waals surface area contributed by atoms with Crippen molar-refractivity contribution in [3.63, 3.8) is 0 Å². The maximum atomic E-state index is 9.13. The van der Waals surface area contributed by atoms with E-state index in [2.05, 4.69) is 38.0 Å². The van der Waals surface area contributed by atoms with Crippen LogP contribution in [0.25, 0.3) is 17.0 Å². The summed E-state index contributed by atoms with van der Waals surface area (Å²) < 4.78 is 2.22. The lowest BCUT2D eigenvalue weighted by Crippen LogP contribution is -2.12. The molecule has 0 unspecified atom stereocenters. The largest absolute Gasteiger partial charge is 0.382 e. The number of aromatic nitrogens is 1. The average molecular weight is 403 g/mol. The summed E-state index contributed by atoms with van der Waals surface area (Å²) in [5, 5.41) is 16.8. The minimum Gasteiger partial charge on any atom is -0.382 e. The topological polar surface area (TPSA) is 109 Å². The monoisotopic (exact) mass is 403 g/mol. The number of hydrogen-bond acceptors (Lipinski definition) is 4. The SMILES string of the molecule is C/C=C\C=C/c1cc2cc(C(N)=NN=N)ccc2n1C/C1=C/C(OO)=C\C=C/CC1. The summed E-state index contributed by atoms with van der Waals surface area (Å²) in [5.74, 6) is 0.615. The molecule has 0 saturated heterocycles. The Morgan fingerprint density at radius 1 is 1.33 bits per heavy atom. The molecule has 154 valence electrons. The van der Waals surface area contributed by atoms with Gasteiger partial charge in [0.25, 0.3) is 0 Å². The van der Waals surface area contributed by atoms with Crippen molar-refractivity contribution in [1.29, 1.82) is 5.53 Å². The lowest BCUT2D eigenvalue weighted by atomic mass is 10.1. The van der Waals surface area contributed by atoms with Crippen molar-refractivity contribution in [3.05, 3.63) is 89.4 Å². The maximum absolute atomic E-state index is 9.13. The fourth-order valence-electron chi connectivity index (χ4n) is 3.38. The highest BCUT2D eigenvalue weighted by Gasteiger charge is 2.12. The van der Waals surface area contributed by atoms with Crippen LogP contribution < -0.4 is 5.73 Å². The third-order valence-electron chi connectivity index (χ3n) is 4.80. The number of benzene rings is 1. The molecule has 1 aromatic carbocycles. The molecule has 1 aliphatic rings. The van der Waals surface area contributed by atoms with Crippen LogP contribution in [-0.2, 0) is 11.4 Å². The molecule has 3 rings (SSSR count). The van der Waals surface area contributed by atoms with Crippen molar-refractivity contribution in [3.8, 4) is 0 Å². The van der Waals surface area contributed by atoms with Crippen molar-refractivity contribution >= 4 is 22.8 Å². The Balaban J connectivity index is 2.07. The fraction of sp³-hybridized carbons (Fsp3) is 0.174. The zero-order valence-electron chi connectivity index (χ0n) is 16.8. The number of nitrogens with two attached hydrogens (primary N) is 1. The highest BCUT2D eigenvalue weighted by molar-refractivity contribution is 6.01. The second-order valence-electron chi connectivity index (χ2n) is 6.83. The molecule has 1 aliphatic carbocycles. The molecule has 0 radical (unpaired) electrons. The van der Waals surface area contributed by atoms with Crippen LogP contribution >= 0.6 is 0 Å². The lowest BCUT2D eigenvalue weighted by molar-refractivity contribution is -0.198. The standard InChI is InChI=1S/C23H25N5O2/c1-2-3-5-9-20-15-19-14-18(23(24)26-27-25)11-12-22(19)28(20)16-17-8-6-4-7-10-21(13-17)30-29/h2-5,7,9-15,29H,6,8,16H2,1H3,(H3,24,25,26)/b3-2-,7-4-,9-5-,17-13+,21-10+. The number of rotatable bonds is 7. The number of allylic oxidation sites excluding steroid dienone is 8. The first kappa shape index (κ1) is 21.0.